The molecule has 0 aliphatic heterocycles. The van der Waals surface area contributed by atoms with Crippen LogP contribution in [0, 0.1) is 0 Å². The average molecular weight is 440 g/mol. The third-order valence-electron chi connectivity index (χ3n) is 4.26. The third-order valence-corrected chi connectivity index (χ3v) is 6.63. The molecule has 0 unspecified atom stereocenters. The maximum atomic E-state index is 12.8. The van der Waals surface area contributed by atoms with Gasteiger partial charge in [0.2, 0.25) is 15.9 Å². The summed E-state index contributed by atoms with van der Waals surface area (Å²) in [5, 5.41) is 2.66. The normalized spacial score (nSPS) is 11.3. The van der Waals surface area contributed by atoms with Crippen LogP contribution in [0.5, 0.6) is 5.75 Å². The van der Waals surface area contributed by atoms with E-state index in [1.54, 1.807) is 13.8 Å². The molecule has 2 aromatic carbocycles. The van der Waals surface area contributed by atoms with Gasteiger partial charge in [-0.15, -0.1) is 0 Å². The largest absolute Gasteiger partial charge is 0.495 e. The summed E-state index contributed by atoms with van der Waals surface area (Å²) in [4.78, 5) is 24.2. The van der Waals surface area contributed by atoms with Crippen LogP contribution in [0.3, 0.4) is 0 Å². The van der Waals surface area contributed by atoms with Crippen LogP contribution >= 0.6 is 11.6 Å². The molecular formula is C19H22ClN3O5S. The number of primary amides is 1. The number of hydrogen-bond donors (Lipinski definition) is 2. The van der Waals surface area contributed by atoms with E-state index in [9.17, 15) is 18.0 Å². The summed E-state index contributed by atoms with van der Waals surface area (Å²) in [5.74, 6) is -1.04. The van der Waals surface area contributed by atoms with Gasteiger partial charge in [0, 0.05) is 18.7 Å². The van der Waals surface area contributed by atoms with Crippen LogP contribution in [0.1, 0.15) is 34.6 Å². The number of anilines is 1. The van der Waals surface area contributed by atoms with Crippen molar-refractivity contribution >= 4 is 39.1 Å². The van der Waals surface area contributed by atoms with Crippen molar-refractivity contribution in [1.82, 2.24) is 4.31 Å². The molecule has 0 aromatic heterocycles. The van der Waals surface area contributed by atoms with Gasteiger partial charge < -0.3 is 15.8 Å². The SMILES string of the molecule is CCN(CC)S(=O)(=O)c1ccc(Cl)c(C(=O)Nc2cc(C(N)=O)ccc2OC)c1. The topological polar surface area (TPSA) is 119 Å². The van der Waals surface area contributed by atoms with Crippen molar-refractivity contribution in [3.8, 4) is 5.75 Å². The Bertz CT molecular complexity index is 1040. The second kappa shape index (κ2) is 9.25. The first-order valence-corrected chi connectivity index (χ1v) is 10.6. The van der Waals surface area contributed by atoms with Crippen LogP contribution < -0.4 is 15.8 Å². The first-order chi connectivity index (χ1) is 13.6. The van der Waals surface area contributed by atoms with Crippen LogP contribution in [0.15, 0.2) is 41.3 Å². The van der Waals surface area contributed by atoms with Crippen LogP contribution in [-0.2, 0) is 10.0 Å². The van der Waals surface area contributed by atoms with Gasteiger partial charge in [0.1, 0.15) is 5.75 Å². The van der Waals surface area contributed by atoms with Crippen LogP contribution in [0.2, 0.25) is 5.02 Å². The molecule has 2 aromatic rings. The second-order valence-electron chi connectivity index (χ2n) is 5.96. The van der Waals surface area contributed by atoms with Crippen molar-refractivity contribution in [3.63, 3.8) is 0 Å². The van der Waals surface area contributed by atoms with Gasteiger partial charge in [-0.2, -0.15) is 4.31 Å². The molecular weight excluding hydrogens is 418 g/mol. The van der Waals surface area contributed by atoms with E-state index in [1.165, 1.54) is 47.8 Å². The Morgan fingerprint density at radius 1 is 1.14 bits per heavy atom. The predicted molar refractivity (Wildman–Crippen MR) is 111 cm³/mol. The number of amides is 2. The Morgan fingerprint density at radius 3 is 2.34 bits per heavy atom. The molecule has 29 heavy (non-hydrogen) atoms. The summed E-state index contributed by atoms with van der Waals surface area (Å²) in [7, 11) is -2.37. The lowest BCUT2D eigenvalue weighted by Crippen LogP contribution is -2.30. The molecule has 2 rings (SSSR count). The Labute approximate surface area is 174 Å². The fourth-order valence-corrected chi connectivity index (χ4v) is 4.39. The smallest absolute Gasteiger partial charge is 0.257 e. The standard InChI is InChI=1S/C19H22ClN3O5S/c1-4-23(5-2)29(26,27)13-7-8-15(20)14(11-13)19(25)22-16-10-12(18(21)24)6-9-17(16)28-3/h6-11H,4-5H2,1-3H3,(H2,21,24)(H,22,25). The highest BCUT2D eigenvalue weighted by atomic mass is 35.5. The van der Waals surface area contributed by atoms with Crippen LogP contribution in [0.25, 0.3) is 0 Å². The second-order valence-corrected chi connectivity index (χ2v) is 8.31. The molecule has 0 heterocycles. The van der Waals surface area contributed by atoms with Crippen LogP contribution in [-0.4, -0.2) is 44.7 Å². The number of nitrogens with two attached hydrogens (primary N) is 1. The van der Waals surface area contributed by atoms with E-state index < -0.39 is 21.8 Å². The molecule has 0 aliphatic carbocycles. The summed E-state index contributed by atoms with van der Waals surface area (Å²) in [6.45, 7) is 4.03. The lowest BCUT2D eigenvalue weighted by molar-refractivity contribution is 0.0996. The molecule has 0 spiro atoms. The molecule has 10 heteroatoms. The van der Waals surface area contributed by atoms with E-state index in [1.807, 2.05) is 0 Å². The van der Waals surface area contributed by atoms with Gasteiger partial charge in [-0.05, 0) is 36.4 Å². The number of halogens is 1. The molecule has 0 radical (unpaired) electrons. The average Bonchev–Trinajstić information content (AvgIpc) is 2.68. The molecule has 3 N–H and O–H groups in total. The van der Waals surface area contributed by atoms with Gasteiger partial charge in [-0.3, -0.25) is 9.59 Å². The summed E-state index contributed by atoms with van der Waals surface area (Å²) in [5.41, 5.74) is 5.61. The lowest BCUT2D eigenvalue weighted by Gasteiger charge is -2.19. The fourth-order valence-electron chi connectivity index (χ4n) is 2.70. The number of ether oxygens (including phenoxy) is 1. The molecule has 0 saturated carbocycles. The maximum Gasteiger partial charge on any atom is 0.257 e. The molecule has 0 atom stereocenters. The zero-order chi connectivity index (χ0) is 21.8. The number of nitrogens with one attached hydrogen (secondary N) is 1. The number of hydrogen-bond acceptors (Lipinski definition) is 5. The summed E-state index contributed by atoms with van der Waals surface area (Å²) < 4.78 is 31.9. The first-order valence-electron chi connectivity index (χ1n) is 8.74. The molecule has 156 valence electrons. The third kappa shape index (κ3) is 4.87. The quantitative estimate of drug-likeness (QED) is 0.655. The van der Waals surface area contributed by atoms with E-state index >= 15 is 0 Å². The highest BCUT2D eigenvalue weighted by Gasteiger charge is 2.24. The Morgan fingerprint density at radius 2 is 1.79 bits per heavy atom. The van der Waals surface area contributed by atoms with Gasteiger partial charge in [0.05, 0.1) is 28.3 Å². The van der Waals surface area contributed by atoms with Gasteiger partial charge in [-0.1, -0.05) is 25.4 Å². The summed E-state index contributed by atoms with van der Waals surface area (Å²) in [6, 6.07) is 8.23. The fraction of sp³-hybridized carbons (Fsp3) is 0.263. The minimum atomic E-state index is -3.77. The number of nitrogens with zero attached hydrogens (tertiary/aromatic N) is 1. The highest BCUT2D eigenvalue weighted by Crippen LogP contribution is 2.28. The molecule has 0 bridgehead atoms. The Hall–Kier alpha value is -2.62. The maximum absolute atomic E-state index is 12.8. The summed E-state index contributed by atoms with van der Waals surface area (Å²) >= 11 is 6.14. The molecule has 2 amide bonds. The lowest BCUT2D eigenvalue weighted by atomic mass is 10.1. The first kappa shape index (κ1) is 22.7. The number of carbonyl (C=O) groups is 2. The molecule has 0 aliphatic rings. The van der Waals surface area contributed by atoms with E-state index in [2.05, 4.69) is 5.32 Å². The van der Waals surface area contributed by atoms with Crippen molar-refractivity contribution in [2.75, 3.05) is 25.5 Å². The van der Waals surface area contributed by atoms with Crippen molar-refractivity contribution in [2.45, 2.75) is 18.7 Å². The predicted octanol–water partition coefficient (Wildman–Crippen LogP) is 2.73. The van der Waals surface area contributed by atoms with Crippen molar-refractivity contribution in [2.24, 2.45) is 5.73 Å². The van der Waals surface area contributed by atoms with E-state index in [0.717, 1.165) is 0 Å². The number of rotatable bonds is 8. The Kier molecular flexibility index (Phi) is 7.23. The van der Waals surface area contributed by atoms with Gasteiger partial charge in [0.25, 0.3) is 5.91 Å². The van der Waals surface area contributed by atoms with Gasteiger partial charge >= 0.3 is 0 Å². The van der Waals surface area contributed by atoms with Crippen molar-refractivity contribution in [3.05, 3.63) is 52.5 Å². The minimum absolute atomic E-state index is 0.0357. The van der Waals surface area contributed by atoms with E-state index in [0.29, 0.717) is 18.8 Å². The molecule has 8 nitrogen and oxygen atoms in total. The van der Waals surface area contributed by atoms with E-state index in [4.69, 9.17) is 22.1 Å². The monoisotopic (exact) mass is 439 g/mol. The van der Waals surface area contributed by atoms with E-state index in [-0.39, 0.29) is 26.7 Å². The molecule has 0 saturated heterocycles. The van der Waals surface area contributed by atoms with Gasteiger partial charge in [-0.25, -0.2) is 8.42 Å². The zero-order valence-electron chi connectivity index (χ0n) is 16.2. The van der Waals surface area contributed by atoms with Gasteiger partial charge in [0.15, 0.2) is 0 Å². The molecule has 0 fully saturated rings. The Balaban J connectivity index is 2.45. The van der Waals surface area contributed by atoms with Crippen molar-refractivity contribution in [1.29, 1.82) is 0 Å². The van der Waals surface area contributed by atoms with Crippen molar-refractivity contribution < 1.29 is 22.7 Å². The summed E-state index contributed by atoms with van der Waals surface area (Å²) in [6.07, 6.45) is 0. The number of benzene rings is 2. The minimum Gasteiger partial charge on any atom is -0.495 e. The zero-order valence-corrected chi connectivity index (χ0v) is 17.8. The highest BCUT2D eigenvalue weighted by molar-refractivity contribution is 7.89. The number of sulfonamides is 1. The number of methoxy groups -OCH3 is 1. The number of carbonyl (C=O) groups excluding carboxylic acids is 2. The van der Waals surface area contributed by atoms with Crippen LogP contribution in [0.4, 0.5) is 5.69 Å².